The van der Waals surface area contributed by atoms with Crippen LogP contribution in [0.25, 0.3) is 0 Å². The molecule has 9 heteroatoms. The number of guanidine groups is 1. The van der Waals surface area contributed by atoms with E-state index < -0.39 is 17.0 Å². The second-order valence-corrected chi connectivity index (χ2v) is 15.9. The molecule has 1 aliphatic heterocycles. The summed E-state index contributed by atoms with van der Waals surface area (Å²) in [6, 6.07) is 0. The molecule has 6 aliphatic rings. The molecule has 2 spiro atoms. The first-order valence-corrected chi connectivity index (χ1v) is 18.7. The summed E-state index contributed by atoms with van der Waals surface area (Å²) in [5, 5.41) is 39.1. The van der Waals surface area contributed by atoms with Crippen molar-refractivity contribution in [2.24, 2.45) is 57.1 Å². The van der Waals surface area contributed by atoms with Gasteiger partial charge >= 0.3 is 0 Å². The molecule has 1 heterocycles. The number of aliphatic hydroxyl groups excluding tert-OH is 1. The number of likely N-dealkylation sites (tertiary alicyclic amines) is 1. The number of carbonyl (C=O) groups is 1. The number of allylic oxidation sites excluding steroid dienone is 4. The summed E-state index contributed by atoms with van der Waals surface area (Å²) in [6.07, 6.45) is 19.6. The topological polar surface area (TPSA) is 145 Å². The van der Waals surface area contributed by atoms with Crippen molar-refractivity contribution in [2.45, 2.75) is 96.2 Å². The van der Waals surface area contributed by atoms with Gasteiger partial charge in [-0.05, 0) is 81.1 Å². The summed E-state index contributed by atoms with van der Waals surface area (Å²) in [5.74, 6) is 1.11. The Morgan fingerprint density at radius 1 is 1.19 bits per heavy atom. The first-order chi connectivity index (χ1) is 22.7. The highest BCUT2D eigenvalue weighted by atomic mass is 16.5. The van der Waals surface area contributed by atoms with Crippen molar-refractivity contribution in [3.05, 3.63) is 35.5 Å². The Morgan fingerprint density at radius 2 is 2.00 bits per heavy atom. The SMILES string of the molecule is CCCCCC1CCC2C=CC=CC2C1OCC1(O)CC23C(=C1C(=O)[O-])CC(CCC2C)C31C[NH+](C(N)=NC)CCC1CNCCO. The van der Waals surface area contributed by atoms with Gasteiger partial charge in [-0.3, -0.25) is 4.90 Å². The van der Waals surface area contributed by atoms with Gasteiger partial charge in [0.2, 0.25) is 0 Å². The molecule has 3 saturated carbocycles. The fraction of sp³-hybridized carbons (Fsp3) is 0.789. The van der Waals surface area contributed by atoms with Gasteiger partial charge in [-0.15, -0.1) is 0 Å². The summed E-state index contributed by atoms with van der Waals surface area (Å²) in [6.45, 7) is 7.45. The number of nitrogens with one attached hydrogen (secondary N) is 2. The molecular weight excluding hydrogens is 592 g/mol. The number of aliphatic hydroxyl groups is 2. The highest BCUT2D eigenvalue weighted by Crippen LogP contribution is 2.76. The number of fused-ring (bicyclic) bond motifs is 1. The van der Waals surface area contributed by atoms with E-state index in [9.17, 15) is 20.1 Å². The van der Waals surface area contributed by atoms with E-state index in [1.54, 1.807) is 7.05 Å². The van der Waals surface area contributed by atoms with Gasteiger partial charge in [0.15, 0.2) is 0 Å². The monoisotopic (exact) mass is 652 g/mol. The third-order valence-electron chi connectivity index (χ3n) is 13.9. The molecule has 2 bridgehead atoms. The number of ether oxygens (including phenoxy) is 1. The minimum Gasteiger partial charge on any atom is -0.545 e. The minimum absolute atomic E-state index is 0.0205. The van der Waals surface area contributed by atoms with Crippen molar-refractivity contribution >= 4 is 11.9 Å². The lowest BCUT2D eigenvalue weighted by Gasteiger charge is -2.60. The van der Waals surface area contributed by atoms with Crippen LogP contribution in [0.4, 0.5) is 0 Å². The Morgan fingerprint density at radius 3 is 2.74 bits per heavy atom. The van der Waals surface area contributed by atoms with Gasteiger partial charge in [0.25, 0.3) is 5.96 Å². The molecule has 6 rings (SSSR count). The highest BCUT2D eigenvalue weighted by molar-refractivity contribution is 5.90. The number of hydrogen-bond donors (Lipinski definition) is 5. The molecule has 11 unspecified atom stereocenters. The summed E-state index contributed by atoms with van der Waals surface area (Å²) in [5.41, 5.74) is 5.14. The van der Waals surface area contributed by atoms with Crippen LogP contribution >= 0.6 is 0 Å². The third kappa shape index (κ3) is 5.76. The number of nitrogens with zero attached hydrogens (tertiary/aromatic N) is 1. The van der Waals surface area contributed by atoms with Gasteiger partial charge in [0.1, 0.15) is 5.60 Å². The van der Waals surface area contributed by atoms with Gasteiger partial charge in [0, 0.05) is 42.3 Å². The van der Waals surface area contributed by atoms with Crippen LogP contribution in [-0.2, 0) is 9.53 Å². The first kappa shape index (κ1) is 34.8. The number of carboxylic acid groups (broad SMARTS) is 1. The lowest BCUT2D eigenvalue weighted by molar-refractivity contribution is -0.828. The van der Waals surface area contributed by atoms with Crippen LogP contribution in [0.3, 0.4) is 0 Å². The summed E-state index contributed by atoms with van der Waals surface area (Å²) in [7, 11) is 1.74. The summed E-state index contributed by atoms with van der Waals surface area (Å²) in [4.78, 5) is 18.8. The molecule has 4 fully saturated rings. The van der Waals surface area contributed by atoms with E-state index >= 15 is 0 Å². The highest BCUT2D eigenvalue weighted by Gasteiger charge is 2.75. The van der Waals surface area contributed by atoms with E-state index in [-0.39, 0.29) is 54.0 Å². The smallest absolute Gasteiger partial charge is 0.293 e. The van der Waals surface area contributed by atoms with Crippen molar-refractivity contribution in [3.63, 3.8) is 0 Å². The Hall–Kier alpha value is -2.04. The van der Waals surface area contributed by atoms with E-state index in [1.807, 2.05) is 0 Å². The summed E-state index contributed by atoms with van der Waals surface area (Å²) >= 11 is 0. The van der Waals surface area contributed by atoms with Crippen LogP contribution in [0.1, 0.15) is 84.5 Å². The molecule has 0 aromatic heterocycles. The van der Waals surface area contributed by atoms with Crippen molar-refractivity contribution in [2.75, 3.05) is 46.4 Å². The van der Waals surface area contributed by atoms with Crippen molar-refractivity contribution < 1.29 is 29.8 Å². The summed E-state index contributed by atoms with van der Waals surface area (Å²) < 4.78 is 6.91. The van der Waals surface area contributed by atoms with Crippen LogP contribution in [-0.4, -0.2) is 80.3 Å². The second-order valence-electron chi connectivity index (χ2n) is 15.9. The molecule has 0 aromatic rings. The van der Waals surface area contributed by atoms with Gasteiger partial charge in [-0.2, -0.15) is 0 Å². The van der Waals surface area contributed by atoms with Gasteiger partial charge < -0.3 is 35.9 Å². The molecule has 11 atom stereocenters. The molecule has 5 aliphatic carbocycles. The number of rotatable bonds is 12. The van der Waals surface area contributed by atoms with Crippen LogP contribution in [0.2, 0.25) is 0 Å². The molecule has 9 nitrogen and oxygen atoms in total. The third-order valence-corrected chi connectivity index (χ3v) is 13.9. The molecular formula is C38H60N4O5. The van der Waals surface area contributed by atoms with Crippen molar-refractivity contribution in [1.82, 2.24) is 5.32 Å². The minimum atomic E-state index is -1.63. The maximum atomic E-state index is 13.3. The molecule has 262 valence electrons. The predicted molar refractivity (Wildman–Crippen MR) is 181 cm³/mol. The predicted octanol–water partition coefficient (Wildman–Crippen LogP) is 1.76. The van der Waals surface area contributed by atoms with Crippen LogP contribution in [0.15, 0.2) is 40.4 Å². The molecule has 6 N–H and O–H groups in total. The number of nitrogens with two attached hydrogens (primary N) is 1. The van der Waals surface area contributed by atoms with E-state index in [0.717, 1.165) is 75.1 Å². The average molecular weight is 653 g/mol. The number of quaternary nitrogens is 1. The van der Waals surface area contributed by atoms with E-state index in [2.05, 4.69) is 48.5 Å². The lowest BCUT2D eigenvalue weighted by atomic mass is 9.45. The Labute approximate surface area is 281 Å². The number of piperidine rings is 1. The van der Waals surface area contributed by atoms with Gasteiger partial charge in [-0.1, -0.05) is 63.0 Å². The Kier molecular flexibility index (Phi) is 10.4. The molecule has 0 aromatic carbocycles. The number of aliphatic carboxylic acids is 1. The lowest BCUT2D eigenvalue weighted by Crippen LogP contribution is -3.19. The molecule has 0 radical (unpaired) electrons. The number of carbonyl (C=O) groups excluding carboxylic acids is 1. The zero-order chi connectivity index (χ0) is 33.4. The van der Waals surface area contributed by atoms with Crippen LogP contribution in [0, 0.1) is 46.3 Å². The fourth-order valence-electron chi connectivity index (χ4n) is 12.0. The largest absolute Gasteiger partial charge is 0.545 e. The second kappa shape index (κ2) is 14.1. The Balaban J connectivity index is 1.37. The zero-order valence-electron chi connectivity index (χ0n) is 29.0. The quantitative estimate of drug-likeness (QED) is 0.123. The van der Waals surface area contributed by atoms with Gasteiger partial charge in [0.05, 0.1) is 38.4 Å². The van der Waals surface area contributed by atoms with Crippen LogP contribution < -0.4 is 21.1 Å². The normalized spacial score (nSPS) is 42.6. The standard InChI is InChI=1S/C38H60N4O5/c1-4-5-6-10-27-14-13-26-9-7-8-11-30(26)33(27)47-24-36(46)22-37-25(2)12-15-28(20-31(37)32(36)34(44)45)38(37)23-42(35(39)40-3)18-16-29(38)21-41-17-19-43/h7-9,11,25-30,33,41,43,46H,4-6,10,12-24H2,1-3H3,(H2,39,40)(H,44,45). The number of unbranched alkanes of at least 4 members (excludes halogenated alkanes) is 2. The number of hydrogen-bond acceptors (Lipinski definition) is 7. The van der Waals surface area contributed by atoms with E-state index in [0.29, 0.717) is 37.2 Å². The molecule has 0 amide bonds. The maximum absolute atomic E-state index is 13.3. The average Bonchev–Trinajstić information content (AvgIpc) is 3.41. The van der Waals surface area contributed by atoms with E-state index in [1.165, 1.54) is 12.8 Å². The van der Waals surface area contributed by atoms with Crippen molar-refractivity contribution in [1.29, 1.82) is 0 Å². The molecule has 1 saturated heterocycles. The maximum Gasteiger partial charge on any atom is 0.293 e. The van der Waals surface area contributed by atoms with E-state index in [4.69, 9.17) is 10.5 Å². The van der Waals surface area contributed by atoms with Gasteiger partial charge in [-0.25, -0.2) is 4.99 Å². The first-order valence-electron chi connectivity index (χ1n) is 18.7. The Bertz CT molecular complexity index is 1280. The zero-order valence-corrected chi connectivity index (χ0v) is 29.0. The number of carboxylic acids is 1. The van der Waals surface area contributed by atoms with Crippen molar-refractivity contribution in [3.8, 4) is 0 Å². The van der Waals surface area contributed by atoms with Crippen LogP contribution in [0.5, 0.6) is 0 Å². The fourth-order valence-corrected chi connectivity index (χ4v) is 12.0. The molecule has 47 heavy (non-hydrogen) atoms. The number of aliphatic imine (C=N–C) groups is 1.